The summed E-state index contributed by atoms with van der Waals surface area (Å²) in [6.07, 6.45) is 3.04. The Bertz CT molecular complexity index is 768. The van der Waals surface area contributed by atoms with Gasteiger partial charge in [-0.05, 0) is 55.9 Å². The molecule has 2 heterocycles. The monoisotopic (exact) mass is 368 g/mol. The highest BCUT2D eigenvalue weighted by Gasteiger charge is 2.20. The number of nitrogens with one attached hydrogen (secondary N) is 1. The van der Waals surface area contributed by atoms with Gasteiger partial charge in [0.1, 0.15) is 11.4 Å². The van der Waals surface area contributed by atoms with E-state index in [4.69, 9.17) is 4.74 Å². The van der Waals surface area contributed by atoms with Crippen LogP contribution in [-0.4, -0.2) is 42.6 Å². The van der Waals surface area contributed by atoms with Crippen LogP contribution in [0.4, 0.5) is 5.95 Å². The van der Waals surface area contributed by atoms with E-state index in [9.17, 15) is 4.79 Å². The van der Waals surface area contributed by atoms with Crippen LogP contribution in [0.1, 0.15) is 41.5 Å². The Kier molecular flexibility index (Phi) is 6.27. The highest BCUT2D eigenvalue weighted by molar-refractivity contribution is 5.92. The van der Waals surface area contributed by atoms with Gasteiger partial charge >= 0.3 is 0 Å². The molecular formula is C21H28N4O2. The molecular weight excluding hydrogens is 340 g/mol. The van der Waals surface area contributed by atoms with Crippen molar-refractivity contribution < 1.29 is 9.53 Å². The first kappa shape index (κ1) is 19.1. The van der Waals surface area contributed by atoms with Crippen LogP contribution in [0.15, 0.2) is 30.3 Å². The Hall–Kier alpha value is -2.63. The summed E-state index contributed by atoms with van der Waals surface area (Å²) in [5, 5.41) is 2.96. The highest BCUT2D eigenvalue weighted by Crippen LogP contribution is 2.20. The number of aromatic nitrogens is 2. The lowest BCUT2D eigenvalue weighted by Gasteiger charge is -2.30. The molecule has 0 unspecified atom stereocenters. The summed E-state index contributed by atoms with van der Waals surface area (Å²) in [6, 6.07) is 9.62. The van der Waals surface area contributed by atoms with Gasteiger partial charge in [-0.15, -0.1) is 0 Å². The number of piperidine rings is 1. The van der Waals surface area contributed by atoms with Gasteiger partial charge in [-0.25, -0.2) is 9.97 Å². The Labute approximate surface area is 161 Å². The van der Waals surface area contributed by atoms with Crippen molar-refractivity contribution in [3.05, 3.63) is 47.3 Å². The van der Waals surface area contributed by atoms with Crippen molar-refractivity contribution in [3.8, 4) is 5.75 Å². The molecule has 0 radical (unpaired) electrons. The van der Waals surface area contributed by atoms with Crippen molar-refractivity contribution in [2.45, 2.75) is 33.1 Å². The maximum atomic E-state index is 12.5. The SMILES string of the molecule is COc1ccc(CCNC(=O)c2cc(C)nc(N3CCC(C)CC3)n2)cc1. The molecule has 1 aromatic carbocycles. The number of aryl methyl sites for hydroxylation is 1. The lowest BCUT2D eigenvalue weighted by Crippen LogP contribution is -2.35. The quantitative estimate of drug-likeness (QED) is 0.849. The summed E-state index contributed by atoms with van der Waals surface area (Å²) < 4.78 is 5.16. The zero-order chi connectivity index (χ0) is 19.2. The molecule has 2 aromatic rings. The van der Waals surface area contributed by atoms with Crippen molar-refractivity contribution in [1.82, 2.24) is 15.3 Å². The zero-order valence-electron chi connectivity index (χ0n) is 16.4. The topological polar surface area (TPSA) is 67.3 Å². The van der Waals surface area contributed by atoms with Gasteiger partial charge in [0.25, 0.3) is 5.91 Å². The molecule has 1 aliphatic heterocycles. The highest BCUT2D eigenvalue weighted by atomic mass is 16.5. The van der Waals surface area contributed by atoms with Gasteiger partial charge in [-0.1, -0.05) is 19.1 Å². The molecule has 1 fully saturated rings. The van der Waals surface area contributed by atoms with Crippen molar-refractivity contribution in [3.63, 3.8) is 0 Å². The second-order valence-electron chi connectivity index (χ2n) is 7.22. The summed E-state index contributed by atoms with van der Waals surface area (Å²) in [4.78, 5) is 23.8. The average molecular weight is 368 g/mol. The largest absolute Gasteiger partial charge is 0.497 e. The normalized spacial score (nSPS) is 14.9. The minimum atomic E-state index is -0.152. The summed E-state index contributed by atoms with van der Waals surface area (Å²) in [7, 11) is 1.65. The molecule has 1 aromatic heterocycles. The number of nitrogens with zero attached hydrogens (tertiary/aromatic N) is 3. The van der Waals surface area contributed by atoms with Crippen molar-refractivity contribution in [2.24, 2.45) is 5.92 Å². The van der Waals surface area contributed by atoms with E-state index in [1.165, 1.54) is 0 Å². The number of carbonyl (C=O) groups is 1. The summed E-state index contributed by atoms with van der Waals surface area (Å²) in [5.41, 5.74) is 2.41. The first-order valence-electron chi connectivity index (χ1n) is 9.57. The number of amides is 1. The van der Waals surface area contributed by atoms with Gasteiger partial charge in [-0.2, -0.15) is 0 Å². The van der Waals surface area contributed by atoms with Crippen LogP contribution in [0.2, 0.25) is 0 Å². The van der Waals surface area contributed by atoms with Gasteiger partial charge in [0, 0.05) is 25.3 Å². The maximum Gasteiger partial charge on any atom is 0.270 e. The number of methoxy groups -OCH3 is 1. The molecule has 6 heteroatoms. The molecule has 1 amide bonds. The molecule has 27 heavy (non-hydrogen) atoms. The Balaban J connectivity index is 1.58. The molecule has 1 saturated heterocycles. The summed E-state index contributed by atoms with van der Waals surface area (Å²) in [5.74, 6) is 2.09. The van der Waals surface area contributed by atoms with E-state index in [0.29, 0.717) is 18.2 Å². The van der Waals surface area contributed by atoms with Gasteiger partial charge in [0.05, 0.1) is 7.11 Å². The third-order valence-electron chi connectivity index (χ3n) is 5.00. The molecule has 0 spiro atoms. The standard InChI is InChI=1S/C21H28N4O2/c1-15-9-12-25(13-10-15)21-23-16(2)14-19(24-21)20(26)22-11-8-17-4-6-18(27-3)7-5-17/h4-7,14-15H,8-13H2,1-3H3,(H,22,26). The van der Waals surface area contributed by atoms with Crippen LogP contribution in [0.5, 0.6) is 5.75 Å². The van der Waals surface area contributed by atoms with Gasteiger partial charge in [0.2, 0.25) is 5.95 Å². The predicted molar refractivity (Wildman–Crippen MR) is 106 cm³/mol. The van der Waals surface area contributed by atoms with E-state index in [1.807, 2.05) is 31.2 Å². The third-order valence-corrected chi connectivity index (χ3v) is 5.00. The molecule has 3 rings (SSSR count). The van der Waals surface area contributed by atoms with Gasteiger partial charge in [-0.3, -0.25) is 4.79 Å². The van der Waals surface area contributed by atoms with Crippen LogP contribution in [0.3, 0.4) is 0 Å². The lowest BCUT2D eigenvalue weighted by molar-refractivity contribution is 0.0949. The predicted octanol–water partition coefficient (Wildman–Crippen LogP) is 3.00. The zero-order valence-corrected chi connectivity index (χ0v) is 16.4. The minimum Gasteiger partial charge on any atom is -0.497 e. The molecule has 0 atom stereocenters. The first-order valence-corrected chi connectivity index (χ1v) is 9.57. The van der Waals surface area contributed by atoms with Crippen LogP contribution in [0, 0.1) is 12.8 Å². The van der Waals surface area contributed by atoms with E-state index in [0.717, 1.165) is 55.3 Å². The molecule has 1 N–H and O–H groups in total. The van der Waals surface area contributed by atoms with Crippen molar-refractivity contribution in [1.29, 1.82) is 0 Å². The number of anilines is 1. The van der Waals surface area contributed by atoms with E-state index in [1.54, 1.807) is 13.2 Å². The van der Waals surface area contributed by atoms with Crippen molar-refractivity contribution >= 4 is 11.9 Å². The van der Waals surface area contributed by atoms with Crippen molar-refractivity contribution in [2.75, 3.05) is 31.6 Å². The van der Waals surface area contributed by atoms with E-state index < -0.39 is 0 Å². The molecule has 6 nitrogen and oxygen atoms in total. The Morgan fingerprint density at radius 3 is 2.59 bits per heavy atom. The fraction of sp³-hybridized carbons (Fsp3) is 0.476. The minimum absolute atomic E-state index is 0.152. The van der Waals surface area contributed by atoms with E-state index in [-0.39, 0.29) is 5.91 Å². The second kappa shape index (κ2) is 8.84. The fourth-order valence-corrected chi connectivity index (χ4v) is 3.22. The lowest BCUT2D eigenvalue weighted by atomic mass is 10.00. The van der Waals surface area contributed by atoms with Gasteiger partial charge < -0.3 is 15.0 Å². The fourth-order valence-electron chi connectivity index (χ4n) is 3.22. The number of hydrogen-bond donors (Lipinski definition) is 1. The number of rotatable bonds is 6. The Morgan fingerprint density at radius 2 is 1.93 bits per heavy atom. The molecule has 144 valence electrons. The molecule has 0 saturated carbocycles. The average Bonchev–Trinajstić information content (AvgIpc) is 2.68. The smallest absolute Gasteiger partial charge is 0.270 e. The summed E-state index contributed by atoms with van der Waals surface area (Å²) in [6.45, 7) is 6.64. The second-order valence-corrected chi connectivity index (χ2v) is 7.22. The molecule has 1 aliphatic rings. The van der Waals surface area contributed by atoms with Gasteiger partial charge in [0.15, 0.2) is 0 Å². The van der Waals surface area contributed by atoms with Crippen LogP contribution in [-0.2, 0) is 6.42 Å². The van der Waals surface area contributed by atoms with Crippen LogP contribution < -0.4 is 15.0 Å². The van der Waals surface area contributed by atoms with Crippen LogP contribution >= 0.6 is 0 Å². The number of ether oxygens (including phenoxy) is 1. The molecule has 0 bridgehead atoms. The van der Waals surface area contributed by atoms with Crippen LogP contribution in [0.25, 0.3) is 0 Å². The summed E-state index contributed by atoms with van der Waals surface area (Å²) >= 11 is 0. The Morgan fingerprint density at radius 1 is 1.22 bits per heavy atom. The number of hydrogen-bond acceptors (Lipinski definition) is 5. The number of carbonyl (C=O) groups excluding carboxylic acids is 1. The molecule has 0 aliphatic carbocycles. The number of benzene rings is 1. The van der Waals surface area contributed by atoms with E-state index >= 15 is 0 Å². The van der Waals surface area contributed by atoms with E-state index in [2.05, 4.69) is 27.1 Å². The third kappa shape index (κ3) is 5.18. The maximum absolute atomic E-state index is 12.5. The first-order chi connectivity index (χ1) is 13.0.